The third-order valence-electron chi connectivity index (χ3n) is 5.09. The number of carbonyl (C=O) groups is 1. The molecule has 14 heteroatoms. The second-order valence-corrected chi connectivity index (χ2v) is 12.7. The van der Waals surface area contributed by atoms with Crippen molar-refractivity contribution in [1.82, 2.24) is 18.4 Å². The van der Waals surface area contributed by atoms with Gasteiger partial charge in [-0.2, -0.15) is 21.3 Å². The van der Waals surface area contributed by atoms with Crippen molar-refractivity contribution in [3.63, 3.8) is 0 Å². The van der Waals surface area contributed by atoms with Crippen LogP contribution >= 0.6 is 11.3 Å². The van der Waals surface area contributed by atoms with Gasteiger partial charge in [0.25, 0.3) is 26.1 Å². The largest absolute Gasteiger partial charge is 0.494 e. The van der Waals surface area contributed by atoms with E-state index in [1.165, 1.54) is 25.6 Å². The van der Waals surface area contributed by atoms with Crippen LogP contribution in [0.2, 0.25) is 0 Å². The lowest BCUT2D eigenvalue weighted by Crippen LogP contribution is -2.62. The van der Waals surface area contributed by atoms with Crippen molar-refractivity contribution < 1.29 is 31.6 Å². The van der Waals surface area contributed by atoms with Crippen LogP contribution in [0.15, 0.2) is 40.6 Å². The highest BCUT2D eigenvalue weighted by atomic mass is 32.2. The zero-order chi connectivity index (χ0) is 24.4. The van der Waals surface area contributed by atoms with E-state index in [9.17, 15) is 21.6 Å². The van der Waals surface area contributed by atoms with Crippen molar-refractivity contribution in [2.75, 3.05) is 40.3 Å². The van der Waals surface area contributed by atoms with E-state index in [2.05, 4.69) is 0 Å². The number of hydroxylamine groups is 1. The smallest absolute Gasteiger partial charge is 0.281 e. The number of nitrogens with zero attached hydrogens (tertiary/aromatic N) is 3. The van der Waals surface area contributed by atoms with Crippen molar-refractivity contribution in [3.8, 4) is 16.2 Å². The summed E-state index contributed by atoms with van der Waals surface area (Å²) in [6, 6.07) is 8.90. The molecule has 1 aliphatic heterocycles. The number of carbonyl (C=O) groups excluding carboxylic acids is 1. The summed E-state index contributed by atoms with van der Waals surface area (Å²) in [5.74, 6) is -0.311. The lowest BCUT2D eigenvalue weighted by molar-refractivity contribution is -0.134. The second-order valence-electron chi connectivity index (χ2n) is 7.33. The Morgan fingerprint density at radius 1 is 1.15 bits per heavy atom. The minimum atomic E-state index is -4.14. The highest BCUT2D eigenvalue weighted by Gasteiger charge is 2.44. The molecule has 1 fully saturated rings. The highest BCUT2D eigenvalue weighted by molar-refractivity contribution is 7.91. The van der Waals surface area contributed by atoms with Gasteiger partial charge in [-0.1, -0.05) is 0 Å². The number of piperazine rings is 1. The predicted octanol–water partition coefficient (Wildman–Crippen LogP) is 0.801. The number of benzene rings is 1. The molecule has 1 aromatic heterocycles. The van der Waals surface area contributed by atoms with Gasteiger partial charge in [0.05, 0.1) is 6.61 Å². The molecule has 1 saturated heterocycles. The maximum absolute atomic E-state index is 13.4. The molecule has 1 aromatic carbocycles. The van der Waals surface area contributed by atoms with Crippen molar-refractivity contribution in [1.29, 1.82) is 0 Å². The third kappa shape index (κ3) is 5.21. The molecule has 0 aliphatic carbocycles. The number of amides is 1. The maximum atomic E-state index is 13.4. The molecule has 0 radical (unpaired) electrons. The van der Waals surface area contributed by atoms with Crippen LogP contribution < -0.4 is 10.2 Å². The molecule has 0 spiro atoms. The average molecular weight is 519 g/mol. The summed E-state index contributed by atoms with van der Waals surface area (Å²) in [4.78, 5) is 13.0. The van der Waals surface area contributed by atoms with E-state index in [0.29, 0.717) is 17.2 Å². The first kappa shape index (κ1) is 25.6. The summed E-state index contributed by atoms with van der Waals surface area (Å²) in [7, 11) is -5.33. The van der Waals surface area contributed by atoms with Crippen molar-refractivity contribution in [2.24, 2.45) is 0 Å². The van der Waals surface area contributed by atoms with Gasteiger partial charge in [-0.05, 0) is 48.9 Å². The molecule has 1 aliphatic rings. The van der Waals surface area contributed by atoms with E-state index in [-0.39, 0.29) is 17.3 Å². The van der Waals surface area contributed by atoms with E-state index in [0.717, 1.165) is 29.8 Å². The summed E-state index contributed by atoms with van der Waals surface area (Å²) in [5, 5.41) is 9.15. The van der Waals surface area contributed by atoms with Crippen LogP contribution in [-0.4, -0.2) is 87.2 Å². The van der Waals surface area contributed by atoms with Gasteiger partial charge in [-0.25, -0.2) is 13.9 Å². The lowest BCUT2D eigenvalue weighted by Gasteiger charge is -2.38. The van der Waals surface area contributed by atoms with Crippen LogP contribution in [-0.2, 0) is 25.0 Å². The summed E-state index contributed by atoms with van der Waals surface area (Å²) in [6.07, 6.45) is 0. The average Bonchev–Trinajstić information content (AvgIpc) is 3.30. The quantitative estimate of drug-likeness (QED) is 0.390. The van der Waals surface area contributed by atoms with Crippen molar-refractivity contribution in [2.45, 2.75) is 17.2 Å². The number of rotatable bonds is 8. The van der Waals surface area contributed by atoms with Gasteiger partial charge in [0.1, 0.15) is 16.0 Å². The zero-order valence-electron chi connectivity index (χ0n) is 18.3. The Balaban J connectivity index is 1.89. The van der Waals surface area contributed by atoms with Crippen molar-refractivity contribution in [3.05, 3.63) is 36.4 Å². The molecule has 1 atom stereocenters. The summed E-state index contributed by atoms with van der Waals surface area (Å²) in [5.41, 5.74) is 2.25. The van der Waals surface area contributed by atoms with Crippen LogP contribution in [0, 0.1) is 0 Å². The highest BCUT2D eigenvalue weighted by Crippen LogP contribution is 2.34. The van der Waals surface area contributed by atoms with E-state index < -0.39 is 38.7 Å². The molecular weight excluding hydrogens is 492 g/mol. The number of thiophene rings is 1. The van der Waals surface area contributed by atoms with E-state index >= 15 is 0 Å². The molecule has 3 rings (SSSR count). The van der Waals surface area contributed by atoms with Crippen LogP contribution in [0.1, 0.15) is 6.92 Å². The van der Waals surface area contributed by atoms with Crippen LogP contribution in [0.25, 0.3) is 10.4 Å². The Morgan fingerprint density at radius 3 is 2.39 bits per heavy atom. The van der Waals surface area contributed by atoms with E-state index in [1.54, 1.807) is 18.2 Å². The van der Waals surface area contributed by atoms with Gasteiger partial charge >= 0.3 is 0 Å². The molecule has 0 saturated carbocycles. The Hall–Kier alpha value is -2.07. The van der Waals surface area contributed by atoms with Gasteiger partial charge in [0.15, 0.2) is 0 Å². The molecule has 33 heavy (non-hydrogen) atoms. The van der Waals surface area contributed by atoms with E-state index in [1.807, 2.05) is 19.1 Å². The topological polar surface area (TPSA) is 137 Å². The van der Waals surface area contributed by atoms with Gasteiger partial charge in [0.2, 0.25) is 0 Å². The number of sulfonamides is 1. The molecule has 0 unspecified atom stereocenters. The molecular formula is C19H26N4O7S3. The minimum absolute atomic E-state index is 0.00559. The number of hydrogen-bond acceptors (Lipinski definition) is 8. The molecule has 0 bridgehead atoms. The number of nitrogens with one attached hydrogen (secondary N) is 1. The molecule has 11 nitrogen and oxygen atoms in total. The first-order valence-electron chi connectivity index (χ1n) is 9.98. The fourth-order valence-corrected chi connectivity index (χ4v) is 7.48. The van der Waals surface area contributed by atoms with Gasteiger partial charge in [-0.3, -0.25) is 10.0 Å². The van der Waals surface area contributed by atoms with Crippen LogP contribution in [0.5, 0.6) is 5.75 Å². The maximum Gasteiger partial charge on any atom is 0.281 e. The second kappa shape index (κ2) is 10.0. The predicted molar refractivity (Wildman–Crippen MR) is 123 cm³/mol. The summed E-state index contributed by atoms with van der Waals surface area (Å²) in [6.45, 7) is 1.61. The first-order valence-corrected chi connectivity index (χ1v) is 13.6. The monoisotopic (exact) mass is 518 g/mol. The summed E-state index contributed by atoms with van der Waals surface area (Å²) < 4.78 is 60.0. The van der Waals surface area contributed by atoms with E-state index in [4.69, 9.17) is 9.94 Å². The lowest BCUT2D eigenvalue weighted by atomic mass is 10.2. The number of ether oxygens (including phenoxy) is 1. The molecule has 2 N–H and O–H groups in total. The minimum Gasteiger partial charge on any atom is -0.494 e. The Bertz CT molecular complexity index is 1190. The van der Waals surface area contributed by atoms with Crippen molar-refractivity contribution >= 4 is 37.5 Å². The Labute approximate surface area is 197 Å². The normalized spacial score (nSPS) is 18.4. The fraction of sp³-hybridized carbons (Fsp3) is 0.421. The molecule has 1 amide bonds. The SMILES string of the molecule is CCOc1ccc(-c2ccc(S(=O)(=O)N3CCN(S(=O)(=O)N(C)C)C[C@@H]3C(=O)NO)s2)cc1. The molecule has 2 heterocycles. The molecule has 2 aromatic rings. The first-order chi connectivity index (χ1) is 15.5. The van der Waals surface area contributed by atoms with Gasteiger partial charge in [-0.15, -0.1) is 11.3 Å². The third-order valence-corrected chi connectivity index (χ3v) is 10.5. The Kier molecular flexibility index (Phi) is 7.78. The van der Waals surface area contributed by atoms with Crippen LogP contribution in [0.4, 0.5) is 0 Å². The zero-order valence-corrected chi connectivity index (χ0v) is 20.8. The fourth-order valence-electron chi connectivity index (χ4n) is 3.37. The van der Waals surface area contributed by atoms with Gasteiger partial charge in [0, 0.05) is 38.6 Å². The summed E-state index contributed by atoms with van der Waals surface area (Å²) >= 11 is 1.03. The van der Waals surface area contributed by atoms with Gasteiger partial charge < -0.3 is 4.74 Å². The Morgan fingerprint density at radius 2 is 1.82 bits per heavy atom. The molecule has 182 valence electrons. The van der Waals surface area contributed by atoms with Crippen LogP contribution in [0.3, 0.4) is 0 Å². The number of hydrogen-bond donors (Lipinski definition) is 2. The standard InChI is InChI=1S/C19H26N4O7S3/c1-4-30-15-7-5-14(6-8-15)17-9-10-18(31-17)32(26,27)23-12-11-22(33(28,29)21(2)3)13-16(23)19(24)20-25/h5-10,16,25H,4,11-13H2,1-3H3,(H,20,24)/t16-/m1/s1.